The van der Waals surface area contributed by atoms with E-state index in [9.17, 15) is 36.3 Å². The molecule has 0 saturated carbocycles. The Morgan fingerprint density at radius 1 is 1.19 bits per heavy atom. The van der Waals surface area contributed by atoms with Gasteiger partial charge in [-0.1, -0.05) is 6.07 Å². The zero-order valence-electron chi connectivity index (χ0n) is 9.87. The van der Waals surface area contributed by atoms with Crippen molar-refractivity contribution in [1.29, 1.82) is 0 Å². The molecule has 0 bridgehead atoms. The van der Waals surface area contributed by atoms with Gasteiger partial charge in [0, 0.05) is 5.69 Å². The zero-order chi connectivity index (χ0) is 16.4. The first-order valence-electron chi connectivity index (χ1n) is 5.13. The molecule has 1 aromatic carbocycles. The lowest BCUT2D eigenvalue weighted by Gasteiger charge is -2.24. The van der Waals surface area contributed by atoms with Crippen LogP contribution in [0, 0.1) is 11.1 Å². The standard InChI is InChI=1S/C10H7F6N2O3/c11-9(12,13)7(10(14,15)16)8(19)17-5-2-1-3-6(4-5)18(20)21/h1-4,7,20H,(H,17,19)/q-1. The first-order valence-corrected chi connectivity index (χ1v) is 5.13. The molecule has 1 rings (SSSR count). The van der Waals surface area contributed by atoms with Gasteiger partial charge in [-0.05, 0) is 18.2 Å². The van der Waals surface area contributed by atoms with E-state index in [0.29, 0.717) is 6.07 Å². The van der Waals surface area contributed by atoms with Gasteiger partial charge < -0.3 is 15.8 Å². The quantitative estimate of drug-likeness (QED) is 0.663. The van der Waals surface area contributed by atoms with E-state index in [1.54, 1.807) is 0 Å². The van der Waals surface area contributed by atoms with Gasteiger partial charge in [0.05, 0.1) is 5.69 Å². The van der Waals surface area contributed by atoms with Gasteiger partial charge in [0.15, 0.2) is 0 Å². The normalized spacial score (nSPS) is 12.4. The van der Waals surface area contributed by atoms with E-state index in [0.717, 1.165) is 18.2 Å². The molecule has 0 unspecified atom stereocenters. The minimum absolute atomic E-state index is 0.483. The summed E-state index contributed by atoms with van der Waals surface area (Å²) in [4.78, 5) is 11.2. The van der Waals surface area contributed by atoms with Gasteiger partial charge in [-0.2, -0.15) is 26.3 Å². The van der Waals surface area contributed by atoms with Gasteiger partial charge in [-0.15, -0.1) is 0 Å². The molecule has 1 aromatic rings. The smallest absolute Gasteiger partial charge is 0.409 e. The summed E-state index contributed by atoms with van der Waals surface area (Å²) >= 11 is 0. The van der Waals surface area contributed by atoms with E-state index in [1.807, 2.05) is 0 Å². The molecule has 1 amide bonds. The minimum Gasteiger partial charge on any atom is -0.733 e. The van der Waals surface area contributed by atoms with Crippen LogP contribution in [0.2, 0.25) is 0 Å². The Balaban J connectivity index is 3.00. The Morgan fingerprint density at radius 3 is 2.14 bits per heavy atom. The maximum atomic E-state index is 12.3. The SMILES string of the molecule is O=C(Nc1cccc(N([O-])O)c1)C(C(F)(F)F)C(F)(F)F. The van der Waals surface area contributed by atoms with Gasteiger partial charge >= 0.3 is 12.4 Å². The lowest BCUT2D eigenvalue weighted by Crippen LogP contribution is -2.45. The average molecular weight is 317 g/mol. The number of halogens is 6. The van der Waals surface area contributed by atoms with E-state index in [1.165, 1.54) is 5.32 Å². The molecule has 5 nitrogen and oxygen atoms in total. The number of alkyl halides is 6. The van der Waals surface area contributed by atoms with E-state index in [4.69, 9.17) is 5.21 Å². The fraction of sp³-hybridized carbons (Fsp3) is 0.300. The Morgan fingerprint density at radius 2 is 1.71 bits per heavy atom. The molecule has 0 aliphatic rings. The number of nitrogens with zero attached hydrogens (tertiary/aromatic N) is 1. The van der Waals surface area contributed by atoms with Crippen molar-refractivity contribution >= 4 is 17.3 Å². The van der Waals surface area contributed by atoms with Gasteiger partial charge in [-0.3, -0.25) is 10.0 Å². The third-order valence-electron chi connectivity index (χ3n) is 2.25. The highest BCUT2D eigenvalue weighted by Gasteiger charge is 2.61. The van der Waals surface area contributed by atoms with Crippen molar-refractivity contribution in [2.75, 3.05) is 10.5 Å². The second-order valence-corrected chi connectivity index (χ2v) is 3.83. The monoisotopic (exact) mass is 317 g/mol. The molecule has 0 aliphatic carbocycles. The highest BCUT2D eigenvalue weighted by molar-refractivity contribution is 5.94. The van der Waals surface area contributed by atoms with Crippen LogP contribution in [0.3, 0.4) is 0 Å². The molecule has 0 heterocycles. The summed E-state index contributed by atoms with van der Waals surface area (Å²) < 4.78 is 73.8. The Labute approximate surface area is 113 Å². The summed E-state index contributed by atoms with van der Waals surface area (Å²) in [5, 5.41) is 19.8. The lowest BCUT2D eigenvalue weighted by molar-refractivity contribution is -0.272. The predicted molar refractivity (Wildman–Crippen MR) is 58.3 cm³/mol. The molecular weight excluding hydrogens is 310 g/mol. The Bertz CT molecular complexity index is 500. The van der Waals surface area contributed by atoms with Crippen LogP contribution in [-0.4, -0.2) is 23.5 Å². The van der Waals surface area contributed by atoms with Crippen molar-refractivity contribution in [2.24, 2.45) is 5.92 Å². The zero-order valence-corrected chi connectivity index (χ0v) is 9.87. The third kappa shape index (κ3) is 4.49. The highest BCUT2D eigenvalue weighted by Crippen LogP contribution is 2.39. The van der Waals surface area contributed by atoms with Crippen LogP contribution >= 0.6 is 0 Å². The molecule has 2 N–H and O–H groups in total. The summed E-state index contributed by atoms with van der Waals surface area (Å²) in [5.74, 6) is -6.55. The average Bonchev–Trinajstić information content (AvgIpc) is 2.24. The Hall–Kier alpha value is -2.01. The highest BCUT2D eigenvalue weighted by atomic mass is 19.4. The molecule has 11 heteroatoms. The van der Waals surface area contributed by atoms with Crippen LogP contribution in [-0.2, 0) is 4.79 Å². The molecule has 0 aliphatic heterocycles. The number of carbonyl (C=O) groups excluding carboxylic acids is 1. The maximum absolute atomic E-state index is 12.3. The number of anilines is 2. The summed E-state index contributed by atoms with van der Waals surface area (Å²) in [7, 11) is 0. The van der Waals surface area contributed by atoms with Crippen LogP contribution in [0.4, 0.5) is 37.7 Å². The molecule has 0 aromatic heterocycles. The van der Waals surface area contributed by atoms with Crippen molar-refractivity contribution in [1.82, 2.24) is 0 Å². The topological polar surface area (TPSA) is 75.6 Å². The van der Waals surface area contributed by atoms with Gasteiger partial charge in [0.1, 0.15) is 0 Å². The molecule has 0 atom stereocenters. The van der Waals surface area contributed by atoms with Crippen LogP contribution in [0.5, 0.6) is 0 Å². The predicted octanol–water partition coefficient (Wildman–Crippen LogP) is 3.06. The van der Waals surface area contributed by atoms with Crippen LogP contribution in [0.15, 0.2) is 24.3 Å². The van der Waals surface area contributed by atoms with Gasteiger partial charge in [-0.25, -0.2) is 0 Å². The van der Waals surface area contributed by atoms with Crippen molar-refractivity contribution in [3.63, 3.8) is 0 Å². The third-order valence-corrected chi connectivity index (χ3v) is 2.25. The van der Waals surface area contributed by atoms with Gasteiger partial charge in [0.2, 0.25) is 11.8 Å². The molecule has 118 valence electrons. The van der Waals surface area contributed by atoms with E-state index in [2.05, 4.69) is 0 Å². The van der Waals surface area contributed by atoms with E-state index in [-0.39, 0.29) is 0 Å². The largest absolute Gasteiger partial charge is 0.733 e. The van der Waals surface area contributed by atoms with Crippen LogP contribution in [0.1, 0.15) is 0 Å². The minimum atomic E-state index is -5.82. The number of rotatable bonds is 3. The van der Waals surface area contributed by atoms with E-state index >= 15 is 0 Å². The summed E-state index contributed by atoms with van der Waals surface area (Å²) in [5.41, 5.74) is -0.991. The number of amides is 1. The van der Waals surface area contributed by atoms with Crippen molar-refractivity contribution in [3.05, 3.63) is 29.5 Å². The first-order chi connectivity index (χ1) is 9.43. The molecule has 0 fully saturated rings. The fourth-order valence-corrected chi connectivity index (χ4v) is 1.40. The molecule has 0 saturated heterocycles. The molecule has 21 heavy (non-hydrogen) atoms. The van der Waals surface area contributed by atoms with Crippen molar-refractivity contribution < 1.29 is 36.3 Å². The number of carbonyl (C=O) groups is 1. The second-order valence-electron chi connectivity index (χ2n) is 3.83. The van der Waals surface area contributed by atoms with Gasteiger partial charge in [0.25, 0.3) is 0 Å². The van der Waals surface area contributed by atoms with Crippen LogP contribution < -0.4 is 10.5 Å². The number of benzene rings is 1. The summed E-state index contributed by atoms with van der Waals surface area (Å²) in [6.45, 7) is 0. The second kappa shape index (κ2) is 5.77. The molecule has 0 radical (unpaired) electrons. The number of nitrogens with one attached hydrogen (secondary N) is 1. The van der Waals surface area contributed by atoms with Crippen molar-refractivity contribution in [2.45, 2.75) is 12.4 Å². The fourth-order valence-electron chi connectivity index (χ4n) is 1.40. The van der Waals surface area contributed by atoms with Crippen molar-refractivity contribution in [3.8, 4) is 0 Å². The van der Waals surface area contributed by atoms with Crippen LogP contribution in [0.25, 0.3) is 0 Å². The molecule has 0 spiro atoms. The number of hydrogen-bond donors (Lipinski definition) is 2. The maximum Gasteiger partial charge on any atom is 0.409 e. The Kier molecular flexibility index (Phi) is 4.69. The molecular formula is C10H7F6N2O3-. The van der Waals surface area contributed by atoms with E-state index < -0.39 is 40.8 Å². The lowest BCUT2D eigenvalue weighted by atomic mass is 10.1. The number of hydrogen-bond acceptors (Lipinski definition) is 4. The summed E-state index contributed by atoms with van der Waals surface area (Å²) in [6.07, 6.45) is -11.6. The summed E-state index contributed by atoms with van der Waals surface area (Å²) in [6, 6.07) is 3.72. The first kappa shape index (κ1) is 17.0.